The second-order valence-electron chi connectivity index (χ2n) is 5.28. The molecule has 1 N–H and O–H groups in total. The number of carbonyl (C=O) groups excluding carboxylic acids is 1. The lowest BCUT2D eigenvalue weighted by Crippen LogP contribution is -2.10. The van der Waals surface area contributed by atoms with Crippen LogP contribution < -0.4 is 4.74 Å². The number of benzene rings is 1. The summed E-state index contributed by atoms with van der Waals surface area (Å²) in [4.78, 5) is 25.4. The van der Waals surface area contributed by atoms with Gasteiger partial charge >= 0.3 is 5.97 Å². The maximum absolute atomic E-state index is 11.3. The summed E-state index contributed by atoms with van der Waals surface area (Å²) in [5, 5.41) is 20.8. The number of nitro groups is 1. The number of rotatable bonds is 7. The molecule has 0 radical (unpaired) electrons. The van der Waals surface area contributed by atoms with Crippen molar-refractivity contribution in [1.82, 2.24) is 4.98 Å². The molecule has 8 heteroatoms. The largest absolute Gasteiger partial charge is 0.504 e. The van der Waals surface area contributed by atoms with Gasteiger partial charge in [0.15, 0.2) is 11.5 Å². The van der Waals surface area contributed by atoms with Crippen molar-refractivity contribution in [2.45, 2.75) is 20.0 Å². The number of esters is 1. The van der Waals surface area contributed by atoms with Crippen LogP contribution in [0.25, 0.3) is 11.3 Å². The Hall–Kier alpha value is -3.42. The monoisotopic (exact) mass is 358 g/mol. The predicted octanol–water partition coefficient (Wildman–Crippen LogP) is 3.25. The number of ether oxygens (including phenoxy) is 2. The van der Waals surface area contributed by atoms with Crippen molar-refractivity contribution in [3.05, 3.63) is 58.8 Å². The minimum absolute atomic E-state index is 0.111. The van der Waals surface area contributed by atoms with Crippen molar-refractivity contribution in [3.63, 3.8) is 0 Å². The highest BCUT2D eigenvalue weighted by Crippen LogP contribution is 2.32. The van der Waals surface area contributed by atoms with Crippen LogP contribution in [0.5, 0.6) is 11.5 Å². The molecule has 1 unspecified atom stereocenters. The topological polar surface area (TPSA) is 112 Å². The molecular weight excluding hydrogens is 340 g/mol. The highest BCUT2D eigenvalue weighted by Gasteiger charge is 2.11. The number of pyridine rings is 1. The van der Waals surface area contributed by atoms with E-state index in [1.54, 1.807) is 26.0 Å². The molecule has 0 fully saturated rings. The number of carbonyl (C=O) groups is 1. The van der Waals surface area contributed by atoms with E-state index in [1.807, 2.05) is 0 Å². The van der Waals surface area contributed by atoms with E-state index >= 15 is 0 Å². The fourth-order valence-corrected chi connectivity index (χ4v) is 2.09. The smallest absolute Gasteiger partial charge is 0.330 e. The summed E-state index contributed by atoms with van der Waals surface area (Å²) in [6, 6.07) is 7.52. The molecular formula is C18H18N2O6. The van der Waals surface area contributed by atoms with Crippen molar-refractivity contribution in [1.29, 1.82) is 0 Å². The fourth-order valence-electron chi connectivity index (χ4n) is 2.09. The average Bonchev–Trinajstić information content (AvgIpc) is 2.62. The van der Waals surface area contributed by atoms with Crippen molar-refractivity contribution >= 4 is 11.7 Å². The molecule has 1 aromatic carbocycles. The van der Waals surface area contributed by atoms with Crippen molar-refractivity contribution in [3.8, 4) is 22.8 Å². The highest BCUT2D eigenvalue weighted by atomic mass is 16.6. The van der Waals surface area contributed by atoms with Gasteiger partial charge in [-0.1, -0.05) is 0 Å². The van der Waals surface area contributed by atoms with Crippen LogP contribution in [-0.2, 0) is 9.53 Å². The van der Waals surface area contributed by atoms with E-state index in [1.165, 1.54) is 30.4 Å². The quantitative estimate of drug-likeness (QED) is 0.350. The van der Waals surface area contributed by atoms with Gasteiger partial charge in [-0.3, -0.25) is 10.1 Å². The number of hydrogen-bond donors (Lipinski definition) is 1. The van der Waals surface area contributed by atoms with Crippen LogP contribution in [0.1, 0.15) is 13.8 Å². The standard InChI is InChI=1S/C18H18N2O6/c1-3-25-18(22)9-4-12(2)26-17-8-5-13(10-16(17)21)15-7-6-14(11-19-15)20(23)24/h4-12,21H,3H2,1-2H3. The molecule has 1 aromatic heterocycles. The Bertz CT molecular complexity index is 817. The molecule has 2 aromatic rings. The SMILES string of the molecule is CCOC(=O)C=CC(C)Oc1ccc(-c2ccc([N+](=O)[O-])cn2)cc1O. The lowest BCUT2D eigenvalue weighted by atomic mass is 10.1. The van der Waals surface area contributed by atoms with Gasteiger partial charge < -0.3 is 14.6 Å². The summed E-state index contributed by atoms with van der Waals surface area (Å²) in [6.07, 6.45) is 3.47. The van der Waals surface area contributed by atoms with Crippen LogP contribution in [-0.4, -0.2) is 33.7 Å². The number of aromatic nitrogens is 1. The molecule has 0 aliphatic rings. The van der Waals surface area contributed by atoms with Gasteiger partial charge in [-0.05, 0) is 44.2 Å². The van der Waals surface area contributed by atoms with Gasteiger partial charge in [0.05, 0.1) is 17.2 Å². The molecule has 0 saturated heterocycles. The molecule has 1 atom stereocenters. The summed E-state index contributed by atoms with van der Waals surface area (Å²) in [6.45, 7) is 3.71. The van der Waals surface area contributed by atoms with Gasteiger partial charge in [0, 0.05) is 17.7 Å². The summed E-state index contributed by atoms with van der Waals surface area (Å²) in [5.74, 6) is -0.345. The Morgan fingerprint density at radius 1 is 1.38 bits per heavy atom. The summed E-state index contributed by atoms with van der Waals surface area (Å²) < 4.78 is 10.3. The first-order valence-corrected chi connectivity index (χ1v) is 7.86. The molecule has 2 rings (SSSR count). The van der Waals surface area contributed by atoms with E-state index in [4.69, 9.17) is 9.47 Å². The van der Waals surface area contributed by atoms with Gasteiger partial charge in [0.2, 0.25) is 0 Å². The molecule has 8 nitrogen and oxygen atoms in total. The van der Waals surface area contributed by atoms with Crippen LogP contribution >= 0.6 is 0 Å². The van der Waals surface area contributed by atoms with E-state index in [0.717, 1.165) is 6.20 Å². The first-order chi connectivity index (χ1) is 12.4. The minimum Gasteiger partial charge on any atom is -0.504 e. The van der Waals surface area contributed by atoms with Gasteiger partial charge in [0.25, 0.3) is 5.69 Å². The zero-order chi connectivity index (χ0) is 19.1. The highest BCUT2D eigenvalue weighted by molar-refractivity contribution is 5.81. The zero-order valence-electron chi connectivity index (χ0n) is 14.3. The molecule has 0 amide bonds. The third kappa shape index (κ3) is 5.04. The second kappa shape index (κ2) is 8.61. The average molecular weight is 358 g/mol. The lowest BCUT2D eigenvalue weighted by molar-refractivity contribution is -0.385. The summed E-state index contributed by atoms with van der Waals surface area (Å²) in [5.41, 5.74) is 0.951. The number of phenolic OH excluding ortho intramolecular Hbond substituents is 1. The Kier molecular flexibility index (Phi) is 6.26. The Balaban J connectivity index is 2.09. The number of hydrogen-bond acceptors (Lipinski definition) is 7. The second-order valence-corrected chi connectivity index (χ2v) is 5.28. The van der Waals surface area contributed by atoms with Gasteiger partial charge in [0.1, 0.15) is 12.3 Å². The Labute approximate surface area is 149 Å². The van der Waals surface area contributed by atoms with Crippen LogP contribution in [0.2, 0.25) is 0 Å². The Morgan fingerprint density at radius 3 is 2.73 bits per heavy atom. The van der Waals surface area contributed by atoms with Crippen LogP contribution in [0, 0.1) is 10.1 Å². The van der Waals surface area contributed by atoms with Crippen LogP contribution in [0.15, 0.2) is 48.7 Å². The number of aromatic hydroxyl groups is 1. The third-order valence-electron chi connectivity index (χ3n) is 3.32. The molecule has 26 heavy (non-hydrogen) atoms. The Morgan fingerprint density at radius 2 is 2.15 bits per heavy atom. The number of phenols is 1. The number of nitrogens with zero attached hydrogens (tertiary/aromatic N) is 2. The predicted molar refractivity (Wildman–Crippen MR) is 93.9 cm³/mol. The van der Waals surface area contributed by atoms with Gasteiger partial charge in [-0.25, -0.2) is 9.78 Å². The van der Waals surface area contributed by atoms with E-state index in [-0.39, 0.29) is 23.8 Å². The normalized spacial score (nSPS) is 11.9. The van der Waals surface area contributed by atoms with E-state index in [0.29, 0.717) is 11.3 Å². The van der Waals surface area contributed by atoms with E-state index in [9.17, 15) is 20.0 Å². The lowest BCUT2D eigenvalue weighted by Gasteiger charge is -2.13. The van der Waals surface area contributed by atoms with Crippen LogP contribution in [0.4, 0.5) is 5.69 Å². The zero-order valence-corrected chi connectivity index (χ0v) is 14.3. The summed E-state index contributed by atoms with van der Waals surface area (Å²) in [7, 11) is 0. The maximum atomic E-state index is 11.3. The molecule has 0 saturated carbocycles. The molecule has 0 aliphatic heterocycles. The molecule has 0 aliphatic carbocycles. The summed E-state index contributed by atoms with van der Waals surface area (Å²) >= 11 is 0. The molecule has 1 heterocycles. The van der Waals surface area contributed by atoms with Crippen LogP contribution in [0.3, 0.4) is 0 Å². The molecule has 136 valence electrons. The first kappa shape index (κ1) is 18.9. The molecule has 0 spiro atoms. The van der Waals surface area contributed by atoms with Crippen molar-refractivity contribution < 1.29 is 24.3 Å². The fraction of sp³-hybridized carbons (Fsp3) is 0.222. The van der Waals surface area contributed by atoms with Gasteiger partial charge in [-0.15, -0.1) is 0 Å². The van der Waals surface area contributed by atoms with E-state index < -0.39 is 17.0 Å². The maximum Gasteiger partial charge on any atom is 0.330 e. The van der Waals surface area contributed by atoms with Crippen molar-refractivity contribution in [2.75, 3.05) is 6.61 Å². The molecule has 0 bridgehead atoms. The van der Waals surface area contributed by atoms with Crippen molar-refractivity contribution in [2.24, 2.45) is 0 Å². The van der Waals surface area contributed by atoms with E-state index in [2.05, 4.69) is 4.98 Å². The third-order valence-corrected chi connectivity index (χ3v) is 3.32. The first-order valence-electron chi connectivity index (χ1n) is 7.86. The van der Waals surface area contributed by atoms with Gasteiger partial charge in [-0.2, -0.15) is 0 Å². The minimum atomic E-state index is -0.531.